The van der Waals surface area contributed by atoms with Gasteiger partial charge in [-0.3, -0.25) is 4.79 Å². The first-order chi connectivity index (χ1) is 14.2. The van der Waals surface area contributed by atoms with Gasteiger partial charge in [0.15, 0.2) is 9.84 Å². The number of nitrogens with one attached hydrogen (secondary N) is 1. The highest BCUT2D eigenvalue weighted by atomic mass is 35.5. The van der Waals surface area contributed by atoms with Gasteiger partial charge in [-0.05, 0) is 54.1 Å². The first-order valence-corrected chi connectivity index (χ1v) is 11.3. The monoisotopic (exact) mass is 439 g/mol. The number of amides is 1. The highest BCUT2D eigenvalue weighted by molar-refractivity contribution is 7.90. The molecule has 1 N–H and O–H groups in total. The Hall–Kier alpha value is -3.16. The van der Waals surface area contributed by atoms with Crippen LogP contribution in [0.25, 0.3) is 22.2 Å². The van der Waals surface area contributed by atoms with E-state index in [1.165, 1.54) is 12.1 Å². The second kappa shape index (κ2) is 7.59. The summed E-state index contributed by atoms with van der Waals surface area (Å²) in [5.41, 5.74) is 4.20. The number of hydrogen-bond donors (Lipinski definition) is 1. The van der Waals surface area contributed by atoms with E-state index in [0.29, 0.717) is 21.8 Å². The highest BCUT2D eigenvalue weighted by Crippen LogP contribution is 2.30. The molecule has 0 aliphatic rings. The van der Waals surface area contributed by atoms with Gasteiger partial charge >= 0.3 is 0 Å². The number of imidazole rings is 1. The zero-order chi connectivity index (χ0) is 21.5. The average molecular weight is 440 g/mol. The predicted octanol–water partition coefficient (Wildman–Crippen LogP) is 4.55. The summed E-state index contributed by atoms with van der Waals surface area (Å²) in [6.07, 6.45) is 2.87. The SMILES string of the molecule is Cn1cnc2cc(NC(=O)c3ccc(Cl)c(-c4ccc(S(C)(=O)=O)cc4)c3)ccc21. The molecule has 0 radical (unpaired) electrons. The van der Waals surface area contributed by atoms with Crippen molar-refractivity contribution >= 4 is 44.1 Å². The summed E-state index contributed by atoms with van der Waals surface area (Å²) in [5.74, 6) is -0.282. The summed E-state index contributed by atoms with van der Waals surface area (Å²) in [5, 5.41) is 3.34. The van der Waals surface area contributed by atoms with E-state index in [9.17, 15) is 13.2 Å². The van der Waals surface area contributed by atoms with Crippen molar-refractivity contribution in [3.05, 3.63) is 77.6 Å². The Morgan fingerprint density at radius 3 is 2.47 bits per heavy atom. The molecule has 30 heavy (non-hydrogen) atoms. The number of anilines is 1. The molecular weight excluding hydrogens is 422 g/mol. The summed E-state index contributed by atoms with van der Waals surface area (Å²) in [7, 11) is -1.38. The Morgan fingerprint density at radius 2 is 1.77 bits per heavy atom. The molecule has 1 heterocycles. The zero-order valence-electron chi connectivity index (χ0n) is 16.3. The van der Waals surface area contributed by atoms with Crippen LogP contribution in [0, 0.1) is 0 Å². The maximum atomic E-state index is 12.8. The molecule has 152 valence electrons. The lowest BCUT2D eigenvalue weighted by molar-refractivity contribution is 0.102. The minimum absolute atomic E-state index is 0.223. The van der Waals surface area contributed by atoms with E-state index in [2.05, 4.69) is 10.3 Å². The normalized spacial score (nSPS) is 11.6. The second-order valence-corrected chi connectivity index (χ2v) is 9.43. The van der Waals surface area contributed by atoms with Gasteiger partial charge in [0.2, 0.25) is 0 Å². The molecule has 8 heteroatoms. The van der Waals surface area contributed by atoms with E-state index in [4.69, 9.17) is 11.6 Å². The van der Waals surface area contributed by atoms with Gasteiger partial charge < -0.3 is 9.88 Å². The van der Waals surface area contributed by atoms with E-state index in [1.54, 1.807) is 36.7 Å². The number of aryl methyl sites for hydroxylation is 1. The minimum atomic E-state index is -3.29. The molecule has 0 saturated heterocycles. The molecule has 0 spiro atoms. The van der Waals surface area contributed by atoms with Crippen LogP contribution in [0.15, 0.2) is 71.9 Å². The second-order valence-electron chi connectivity index (χ2n) is 7.00. The van der Waals surface area contributed by atoms with Crippen LogP contribution in [0.5, 0.6) is 0 Å². The minimum Gasteiger partial charge on any atom is -0.334 e. The van der Waals surface area contributed by atoms with Gasteiger partial charge in [-0.1, -0.05) is 23.7 Å². The Balaban J connectivity index is 1.62. The zero-order valence-corrected chi connectivity index (χ0v) is 17.8. The summed E-state index contributed by atoms with van der Waals surface area (Å²) < 4.78 is 25.2. The number of hydrogen-bond acceptors (Lipinski definition) is 4. The van der Waals surface area contributed by atoms with Crippen LogP contribution in [-0.4, -0.2) is 30.1 Å². The number of carbonyl (C=O) groups is 1. The van der Waals surface area contributed by atoms with Crippen molar-refractivity contribution in [1.29, 1.82) is 0 Å². The molecule has 0 fully saturated rings. The van der Waals surface area contributed by atoms with Crippen LogP contribution in [-0.2, 0) is 16.9 Å². The van der Waals surface area contributed by atoms with Gasteiger partial charge in [0.1, 0.15) is 0 Å². The average Bonchev–Trinajstić information content (AvgIpc) is 3.08. The van der Waals surface area contributed by atoms with Gasteiger partial charge in [0.25, 0.3) is 5.91 Å². The first kappa shape index (κ1) is 20.1. The third-order valence-corrected chi connectivity index (χ3v) is 6.26. The molecule has 0 unspecified atom stereocenters. The molecule has 3 aromatic carbocycles. The lowest BCUT2D eigenvalue weighted by atomic mass is 10.0. The lowest BCUT2D eigenvalue weighted by Crippen LogP contribution is -2.12. The van der Waals surface area contributed by atoms with Crippen molar-refractivity contribution in [2.24, 2.45) is 7.05 Å². The third-order valence-electron chi connectivity index (χ3n) is 4.81. The van der Waals surface area contributed by atoms with Crippen LogP contribution in [0.2, 0.25) is 5.02 Å². The summed E-state index contributed by atoms with van der Waals surface area (Å²) in [6, 6.07) is 16.9. The van der Waals surface area contributed by atoms with Crippen molar-refractivity contribution in [3.8, 4) is 11.1 Å². The molecule has 0 aliphatic carbocycles. The third kappa shape index (κ3) is 3.94. The molecule has 1 aromatic heterocycles. The first-order valence-electron chi connectivity index (χ1n) is 9.05. The van der Waals surface area contributed by atoms with Crippen LogP contribution in [0.3, 0.4) is 0 Å². The maximum Gasteiger partial charge on any atom is 0.255 e. The van der Waals surface area contributed by atoms with Crippen LogP contribution >= 0.6 is 11.6 Å². The smallest absolute Gasteiger partial charge is 0.255 e. The van der Waals surface area contributed by atoms with E-state index < -0.39 is 9.84 Å². The fourth-order valence-electron chi connectivity index (χ4n) is 3.19. The molecule has 0 bridgehead atoms. The molecule has 0 aliphatic heterocycles. The fourth-order valence-corrected chi connectivity index (χ4v) is 4.04. The summed E-state index contributed by atoms with van der Waals surface area (Å²) >= 11 is 6.33. The van der Waals surface area contributed by atoms with E-state index in [0.717, 1.165) is 22.9 Å². The van der Waals surface area contributed by atoms with Gasteiger partial charge in [-0.25, -0.2) is 13.4 Å². The number of fused-ring (bicyclic) bond motifs is 1. The number of aromatic nitrogens is 2. The topological polar surface area (TPSA) is 81.1 Å². The largest absolute Gasteiger partial charge is 0.334 e. The molecular formula is C22H18ClN3O3S. The number of sulfone groups is 1. The van der Waals surface area contributed by atoms with Crippen LogP contribution < -0.4 is 5.32 Å². The predicted molar refractivity (Wildman–Crippen MR) is 119 cm³/mol. The standard InChI is InChI=1S/C22H18ClN3O3S/c1-26-13-24-20-12-16(6-10-21(20)26)25-22(27)15-5-9-19(23)18(11-15)14-3-7-17(8-4-14)30(2,28)29/h3-13H,1-2H3,(H,25,27). The molecule has 6 nitrogen and oxygen atoms in total. The Kier molecular flexibility index (Phi) is 5.09. The quantitative estimate of drug-likeness (QED) is 0.505. The van der Waals surface area contributed by atoms with Crippen molar-refractivity contribution in [1.82, 2.24) is 9.55 Å². The molecule has 0 atom stereocenters. The number of halogens is 1. The van der Waals surface area contributed by atoms with E-state index >= 15 is 0 Å². The van der Waals surface area contributed by atoms with E-state index in [-0.39, 0.29) is 10.8 Å². The number of rotatable bonds is 4. The number of carbonyl (C=O) groups excluding carboxylic acids is 1. The Bertz CT molecular complexity index is 1380. The van der Waals surface area contributed by atoms with Crippen molar-refractivity contribution in [3.63, 3.8) is 0 Å². The fraction of sp³-hybridized carbons (Fsp3) is 0.0909. The number of benzene rings is 3. The van der Waals surface area contributed by atoms with Crippen LogP contribution in [0.4, 0.5) is 5.69 Å². The molecule has 4 rings (SSSR count). The van der Waals surface area contributed by atoms with Gasteiger partial charge in [0, 0.05) is 35.1 Å². The number of nitrogens with zero attached hydrogens (tertiary/aromatic N) is 2. The molecule has 4 aromatic rings. The highest BCUT2D eigenvalue weighted by Gasteiger charge is 2.13. The van der Waals surface area contributed by atoms with Crippen molar-refractivity contribution < 1.29 is 13.2 Å². The van der Waals surface area contributed by atoms with Crippen molar-refractivity contribution in [2.45, 2.75) is 4.90 Å². The summed E-state index contributed by atoms with van der Waals surface area (Å²) in [6.45, 7) is 0. The van der Waals surface area contributed by atoms with Crippen LogP contribution in [0.1, 0.15) is 10.4 Å². The van der Waals surface area contributed by atoms with Crippen molar-refractivity contribution in [2.75, 3.05) is 11.6 Å². The van der Waals surface area contributed by atoms with Gasteiger partial charge in [-0.2, -0.15) is 0 Å². The molecule has 1 amide bonds. The van der Waals surface area contributed by atoms with Gasteiger partial charge in [-0.15, -0.1) is 0 Å². The van der Waals surface area contributed by atoms with E-state index in [1.807, 2.05) is 29.8 Å². The maximum absolute atomic E-state index is 12.8. The summed E-state index contributed by atoms with van der Waals surface area (Å²) in [4.78, 5) is 17.3. The molecule has 0 saturated carbocycles. The van der Waals surface area contributed by atoms with Gasteiger partial charge in [0.05, 0.1) is 22.3 Å². The Morgan fingerprint density at radius 1 is 1.03 bits per heavy atom. The Labute approximate surface area is 179 Å². The lowest BCUT2D eigenvalue weighted by Gasteiger charge is -2.10.